The van der Waals surface area contributed by atoms with Gasteiger partial charge in [-0.15, -0.1) is 0 Å². The maximum Gasteiger partial charge on any atom is 0.227 e. The van der Waals surface area contributed by atoms with Crippen molar-refractivity contribution in [2.24, 2.45) is 5.92 Å². The van der Waals surface area contributed by atoms with Crippen LogP contribution in [0.4, 0.5) is 0 Å². The Bertz CT molecular complexity index is 892. The molecule has 2 aromatic heterocycles. The largest absolute Gasteiger partial charge is 0.342 e. The molecule has 1 aliphatic heterocycles. The fraction of sp³-hybridized carbons (Fsp3) is 0.350. The Morgan fingerprint density at radius 1 is 1.30 bits per heavy atom. The molecule has 3 aromatic rings. The molecule has 0 radical (unpaired) electrons. The first kappa shape index (κ1) is 18.2. The predicted molar refractivity (Wildman–Crippen MR) is 106 cm³/mol. The standard InChI is InChI=1S/C20H20ClN3O2S/c21-17-5-3-14(4-6-17)11-19(25)24-8-1-2-15(12-24)10-18-22-20(23-26-18)16-7-9-27-13-16/h3-7,9,13,15H,1-2,8,10-12H2. The summed E-state index contributed by atoms with van der Waals surface area (Å²) in [7, 11) is 0. The Morgan fingerprint density at radius 3 is 2.93 bits per heavy atom. The molecule has 0 bridgehead atoms. The quantitative estimate of drug-likeness (QED) is 0.632. The molecule has 0 spiro atoms. The number of piperidine rings is 1. The van der Waals surface area contributed by atoms with Gasteiger partial charge in [0.05, 0.1) is 6.42 Å². The Balaban J connectivity index is 1.35. The number of benzene rings is 1. The summed E-state index contributed by atoms with van der Waals surface area (Å²) in [4.78, 5) is 19.1. The van der Waals surface area contributed by atoms with Crippen LogP contribution in [-0.4, -0.2) is 34.0 Å². The van der Waals surface area contributed by atoms with Crippen molar-refractivity contribution in [3.05, 3.63) is 57.6 Å². The molecule has 140 valence electrons. The van der Waals surface area contributed by atoms with Crippen LogP contribution in [0.25, 0.3) is 11.4 Å². The van der Waals surface area contributed by atoms with Crippen LogP contribution in [0.5, 0.6) is 0 Å². The van der Waals surface area contributed by atoms with Gasteiger partial charge in [-0.1, -0.05) is 28.9 Å². The average Bonchev–Trinajstić information content (AvgIpc) is 3.35. The fourth-order valence-corrected chi connectivity index (χ4v) is 4.20. The number of aromatic nitrogens is 2. The molecular weight excluding hydrogens is 382 g/mol. The summed E-state index contributed by atoms with van der Waals surface area (Å²) in [6.45, 7) is 1.55. The van der Waals surface area contributed by atoms with Crippen molar-refractivity contribution in [3.63, 3.8) is 0 Å². The highest BCUT2D eigenvalue weighted by Gasteiger charge is 2.25. The first-order valence-corrected chi connectivity index (χ1v) is 10.4. The summed E-state index contributed by atoms with van der Waals surface area (Å²) < 4.78 is 5.42. The summed E-state index contributed by atoms with van der Waals surface area (Å²) in [5.74, 6) is 1.79. The van der Waals surface area contributed by atoms with Crippen molar-refractivity contribution in [3.8, 4) is 11.4 Å². The Hall–Kier alpha value is -2.18. The van der Waals surface area contributed by atoms with Crippen LogP contribution >= 0.6 is 22.9 Å². The van der Waals surface area contributed by atoms with E-state index in [1.165, 1.54) is 0 Å². The predicted octanol–water partition coefficient (Wildman–Crippen LogP) is 4.48. The summed E-state index contributed by atoms with van der Waals surface area (Å²) in [6.07, 6.45) is 3.19. The van der Waals surface area contributed by atoms with Crippen molar-refractivity contribution in [2.75, 3.05) is 13.1 Å². The third-order valence-electron chi connectivity index (χ3n) is 4.85. The zero-order valence-electron chi connectivity index (χ0n) is 14.8. The van der Waals surface area contributed by atoms with Crippen molar-refractivity contribution in [1.82, 2.24) is 15.0 Å². The Kier molecular flexibility index (Phi) is 5.55. The van der Waals surface area contributed by atoms with Crippen LogP contribution in [-0.2, 0) is 17.6 Å². The zero-order valence-corrected chi connectivity index (χ0v) is 16.4. The molecule has 0 aliphatic carbocycles. The van der Waals surface area contributed by atoms with E-state index in [0.29, 0.717) is 35.5 Å². The summed E-state index contributed by atoms with van der Waals surface area (Å²) in [6, 6.07) is 9.45. The lowest BCUT2D eigenvalue weighted by Crippen LogP contribution is -2.41. The lowest BCUT2D eigenvalue weighted by Gasteiger charge is -2.32. The molecule has 1 unspecified atom stereocenters. The highest BCUT2D eigenvalue weighted by Crippen LogP contribution is 2.24. The van der Waals surface area contributed by atoms with Gasteiger partial charge in [0.25, 0.3) is 0 Å². The van der Waals surface area contributed by atoms with Crippen LogP contribution in [0.15, 0.2) is 45.6 Å². The van der Waals surface area contributed by atoms with Gasteiger partial charge < -0.3 is 9.42 Å². The van der Waals surface area contributed by atoms with E-state index < -0.39 is 0 Å². The minimum absolute atomic E-state index is 0.159. The first-order valence-electron chi connectivity index (χ1n) is 9.05. The minimum atomic E-state index is 0.159. The van der Waals surface area contributed by atoms with Gasteiger partial charge in [-0.2, -0.15) is 16.3 Å². The topological polar surface area (TPSA) is 59.2 Å². The smallest absolute Gasteiger partial charge is 0.227 e. The molecule has 27 heavy (non-hydrogen) atoms. The lowest BCUT2D eigenvalue weighted by molar-refractivity contribution is -0.132. The van der Waals surface area contributed by atoms with Crippen molar-refractivity contribution >= 4 is 28.8 Å². The number of likely N-dealkylation sites (tertiary alicyclic amines) is 1. The van der Waals surface area contributed by atoms with Gasteiger partial charge in [0.15, 0.2) is 0 Å². The first-order chi connectivity index (χ1) is 13.2. The van der Waals surface area contributed by atoms with E-state index in [0.717, 1.165) is 37.1 Å². The molecule has 1 aliphatic rings. The van der Waals surface area contributed by atoms with Gasteiger partial charge in [-0.3, -0.25) is 4.79 Å². The molecule has 0 N–H and O–H groups in total. The van der Waals surface area contributed by atoms with E-state index >= 15 is 0 Å². The lowest BCUT2D eigenvalue weighted by atomic mass is 9.94. The monoisotopic (exact) mass is 401 g/mol. The second-order valence-corrected chi connectivity index (χ2v) is 8.10. The van der Waals surface area contributed by atoms with E-state index in [-0.39, 0.29) is 5.91 Å². The minimum Gasteiger partial charge on any atom is -0.342 e. The maximum absolute atomic E-state index is 12.7. The number of hydrogen-bond donors (Lipinski definition) is 0. The van der Waals surface area contributed by atoms with E-state index in [4.69, 9.17) is 16.1 Å². The summed E-state index contributed by atoms with van der Waals surface area (Å²) in [5.41, 5.74) is 1.97. The highest BCUT2D eigenvalue weighted by atomic mass is 35.5. The van der Waals surface area contributed by atoms with Gasteiger partial charge in [0.2, 0.25) is 17.6 Å². The van der Waals surface area contributed by atoms with E-state index in [9.17, 15) is 4.79 Å². The zero-order chi connectivity index (χ0) is 18.6. The third kappa shape index (κ3) is 4.57. The van der Waals surface area contributed by atoms with E-state index in [1.807, 2.05) is 46.0 Å². The number of thiophene rings is 1. The van der Waals surface area contributed by atoms with Crippen molar-refractivity contribution in [1.29, 1.82) is 0 Å². The highest BCUT2D eigenvalue weighted by molar-refractivity contribution is 7.08. The Labute approximate surface area is 167 Å². The van der Waals surface area contributed by atoms with Crippen LogP contribution in [0.1, 0.15) is 24.3 Å². The molecule has 1 amide bonds. The molecule has 1 atom stereocenters. The fourth-order valence-electron chi connectivity index (χ4n) is 3.44. The second kappa shape index (κ2) is 8.23. The molecule has 1 aromatic carbocycles. The van der Waals surface area contributed by atoms with Crippen molar-refractivity contribution in [2.45, 2.75) is 25.7 Å². The van der Waals surface area contributed by atoms with Crippen LogP contribution in [0.3, 0.4) is 0 Å². The number of amides is 1. The van der Waals surface area contributed by atoms with Gasteiger partial charge in [0, 0.05) is 35.5 Å². The SMILES string of the molecule is O=C(Cc1ccc(Cl)cc1)N1CCCC(Cc2nc(-c3ccsc3)no2)C1. The van der Waals surface area contributed by atoms with Gasteiger partial charge in [0.1, 0.15) is 0 Å². The van der Waals surface area contributed by atoms with E-state index in [1.54, 1.807) is 11.3 Å². The molecule has 1 fully saturated rings. The van der Waals surface area contributed by atoms with Gasteiger partial charge in [-0.25, -0.2) is 0 Å². The number of hydrogen-bond acceptors (Lipinski definition) is 5. The molecular formula is C20H20ClN3O2S. The maximum atomic E-state index is 12.7. The van der Waals surface area contributed by atoms with E-state index in [2.05, 4.69) is 10.1 Å². The number of halogens is 1. The second-order valence-electron chi connectivity index (χ2n) is 6.88. The van der Waals surface area contributed by atoms with Crippen molar-refractivity contribution < 1.29 is 9.32 Å². The summed E-state index contributed by atoms with van der Waals surface area (Å²) in [5, 5.41) is 8.76. The van der Waals surface area contributed by atoms with Crippen LogP contribution in [0.2, 0.25) is 5.02 Å². The average molecular weight is 402 g/mol. The third-order valence-corrected chi connectivity index (χ3v) is 5.79. The number of rotatable bonds is 5. The normalized spacial score (nSPS) is 17.2. The molecule has 7 heteroatoms. The van der Waals surface area contributed by atoms with Gasteiger partial charge >= 0.3 is 0 Å². The molecule has 5 nitrogen and oxygen atoms in total. The number of nitrogens with zero attached hydrogens (tertiary/aromatic N) is 3. The molecule has 4 rings (SSSR count). The van der Waals surface area contributed by atoms with Gasteiger partial charge in [-0.05, 0) is 47.9 Å². The van der Waals surface area contributed by atoms with Crippen LogP contribution in [0, 0.1) is 5.92 Å². The molecule has 3 heterocycles. The summed E-state index contributed by atoms with van der Waals surface area (Å²) >= 11 is 7.52. The molecule has 0 saturated carbocycles. The number of carbonyl (C=O) groups is 1. The molecule has 1 saturated heterocycles. The Morgan fingerprint density at radius 2 is 2.15 bits per heavy atom. The van der Waals surface area contributed by atoms with Crippen LogP contribution < -0.4 is 0 Å². The number of carbonyl (C=O) groups excluding carboxylic acids is 1.